The van der Waals surface area contributed by atoms with E-state index in [1.807, 2.05) is 0 Å². The van der Waals surface area contributed by atoms with Crippen LogP contribution in [0.3, 0.4) is 0 Å². The summed E-state index contributed by atoms with van der Waals surface area (Å²) in [6.45, 7) is 3.85. The van der Waals surface area contributed by atoms with Crippen LogP contribution in [-0.4, -0.2) is 22.7 Å². The predicted octanol–water partition coefficient (Wildman–Crippen LogP) is 2.43. The third-order valence-electron chi connectivity index (χ3n) is 2.48. The number of ether oxygens (including phenoxy) is 1. The maximum atomic E-state index is 11.7. The molecule has 0 aliphatic carbocycles. The first kappa shape index (κ1) is 11.4. The largest absolute Gasteiger partial charge is 0.508 e. The van der Waals surface area contributed by atoms with Gasteiger partial charge in [-0.1, -0.05) is 0 Å². The number of pyridine rings is 1. The van der Waals surface area contributed by atoms with E-state index in [-0.39, 0.29) is 11.7 Å². The van der Waals surface area contributed by atoms with Crippen LogP contribution in [0.4, 0.5) is 0 Å². The van der Waals surface area contributed by atoms with Crippen molar-refractivity contribution in [2.45, 2.75) is 13.8 Å². The maximum Gasteiger partial charge on any atom is 0.339 e. The Kier molecular flexibility index (Phi) is 2.95. The number of carbonyl (C=O) groups is 1. The number of carbonyl (C=O) groups excluding carboxylic acids is 1. The second-order valence-electron chi connectivity index (χ2n) is 3.72. The lowest BCUT2D eigenvalue weighted by Crippen LogP contribution is -2.07. The molecule has 0 fully saturated rings. The number of hydrogen-bond donors (Lipinski definition) is 1. The van der Waals surface area contributed by atoms with E-state index in [9.17, 15) is 9.90 Å². The van der Waals surface area contributed by atoms with Crippen molar-refractivity contribution in [3.63, 3.8) is 0 Å². The minimum atomic E-state index is -0.386. The van der Waals surface area contributed by atoms with Gasteiger partial charge in [0.05, 0.1) is 23.4 Å². The van der Waals surface area contributed by atoms with Crippen LogP contribution in [0, 0.1) is 6.92 Å². The van der Waals surface area contributed by atoms with Crippen LogP contribution in [-0.2, 0) is 4.74 Å². The van der Waals surface area contributed by atoms with Gasteiger partial charge in [-0.25, -0.2) is 4.79 Å². The van der Waals surface area contributed by atoms with E-state index < -0.39 is 0 Å². The smallest absolute Gasteiger partial charge is 0.339 e. The molecule has 0 atom stereocenters. The number of esters is 1. The zero-order valence-electron chi connectivity index (χ0n) is 9.73. The quantitative estimate of drug-likeness (QED) is 0.806. The first-order chi connectivity index (χ1) is 8.11. The molecule has 4 heteroatoms. The highest BCUT2D eigenvalue weighted by Crippen LogP contribution is 2.21. The lowest BCUT2D eigenvalue weighted by Gasteiger charge is -2.07. The highest BCUT2D eigenvalue weighted by atomic mass is 16.5. The van der Waals surface area contributed by atoms with Gasteiger partial charge < -0.3 is 9.84 Å². The number of phenolic OH excluding ortho intramolecular Hbond substituents is 1. The number of aromatic nitrogens is 1. The Morgan fingerprint density at radius 2 is 2.18 bits per heavy atom. The van der Waals surface area contributed by atoms with Crippen molar-refractivity contribution in [2.24, 2.45) is 0 Å². The minimum absolute atomic E-state index is 0.151. The van der Waals surface area contributed by atoms with E-state index in [1.54, 1.807) is 38.1 Å². The summed E-state index contributed by atoms with van der Waals surface area (Å²) in [5, 5.41) is 10.1. The molecule has 1 aromatic heterocycles. The van der Waals surface area contributed by atoms with E-state index in [0.29, 0.717) is 17.9 Å². The predicted molar refractivity (Wildman–Crippen MR) is 64.1 cm³/mol. The SMILES string of the molecule is CCOC(=O)c1cc2cc(O)ccc2nc1C. The Balaban J connectivity index is 2.57. The van der Waals surface area contributed by atoms with Crippen molar-refractivity contribution >= 4 is 16.9 Å². The highest BCUT2D eigenvalue weighted by Gasteiger charge is 2.12. The molecule has 0 spiro atoms. The van der Waals surface area contributed by atoms with Crippen molar-refractivity contribution in [2.75, 3.05) is 6.61 Å². The van der Waals surface area contributed by atoms with Gasteiger partial charge in [-0.05, 0) is 38.1 Å². The monoisotopic (exact) mass is 231 g/mol. The van der Waals surface area contributed by atoms with E-state index in [1.165, 1.54) is 0 Å². The van der Waals surface area contributed by atoms with E-state index in [0.717, 1.165) is 10.9 Å². The summed E-state index contributed by atoms with van der Waals surface area (Å²) in [4.78, 5) is 16.0. The van der Waals surface area contributed by atoms with Gasteiger partial charge in [0, 0.05) is 5.39 Å². The molecule has 4 nitrogen and oxygen atoms in total. The molecule has 0 amide bonds. The van der Waals surface area contributed by atoms with Gasteiger partial charge in [0.25, 0.3) is 0 Å². The van der Waals surface area contributed by atoms with Gasteiger partial charge in [0.2, 0.25) is 0 Å². The molecule has 88 valence electrons. The van der Waals surface area contributed by atoms with Crippen LogP contribution in [0.25, 0.3) is 10.9 Å². The molecule has 0 unspecified atom stereocenters. The summed E-state index contributed by atoms with van der Waals surface area (Å²) in [5.74, 6) is -0.235. The Hall–Kier alpha value is -2.10. The van der Waals surface area contributed by atoms with Crippen molar-refractivity contribution in [3.05, 3.63) is 35.5 Å². The number of phenols is 1. The minimum Gasteiger partial charge on any atom is -0.508 e. The van der Waals surface area contributed by atoms with Crippen molar-refractivity contribution in [1.82, 2.24) is 4.98 Å². The summed E-state index contributed by atoms with van der Waals surface area (Å²) in [5.41, 5.74) is 1.81. The number of nitrogens with zero attached hydrogens (tertiary/aromatic N) is 1. The van der Waals surface area contributed by atoms with Crippen molar-refractivity contribution in [3.8, 4) is 5.75 Å². The van der Waals surface area contributed by atoms with Crippen molar-refractivity contribution in [1.29, 1.82) is 0 Å². The molecular weight excluding hydrogens is 218 g/mol. The maximum absolute atomic E-state index is 11.7. The van der Waals surface area contributed by atoms with Gasteiger partial charge in [0.1, 0.15) is 5.75 Å². The molecule has 2 rings (SSSR count). The van der Waals surface area contributed by atoms with Gasteiger partial charge in [-0.3, -0.25) is 4.98 Å². The second kappa shape index (κ2) is 4.41. The van der Waals surface area contributed by atoms with Crippen LogP contribution in [0.5, 0.6) is 5.75 Å². The fourth-order valence-electron chi connectivity index (χ4n) is 1.68. The number of aryl methyl sites for hydroxylation is 1. The summed E-state index contributed by atoms with van der Waals surface area (Å²) < 4.78 is 4.95. The Labute approximate surface area is 98.9 Å². The van der Waals surface area contributed by atoms with Gasteiger partial charge in [-0.2, -0.15) is 0 Å². The van der Waals surface area contributed by atoms with Crippen LogP contribution < -0.4 is 0 Å². The molecule has 0 saturated heterocycles. The van der Waals surface area contributed by atoms with Gasteiger partial charge in [0.15, 0.2) is 0 Å². The number of hydrogen-bond acceptors (Lipinski definition) is 4. The Morgan fingerprint density at radius 1 is 1.41 bits per heavy atom. The summed E-state index contributed by atoms with van der Waals surface area (Å²) in [7, 11) is 0. The van der Waals surface area contributed by atoms with Crippen molar-refractivity contribution < 1.29 is 14.6 Å². The normalized spacial score (nSPS) is 10.5. The molecule has 0 bridgehead atoms. The molecule has 17 heavy (non-hydrogen) atoms. The average Bonchev–Trinajstić information content (AvgIpc) is 2.29. The van der Waals surface area contributed by atoms with E-state index in [2.05, 4.69) is 4.98 Å². The van der Waals surface area contributed by atoms with Gasteiger partial charge in [-0.15, -0.1) is 0 Å². The lowest BCUT2D eigenvalue weighted by molar-refractivity contribution is 0.0525. The number of aromatic hydroxyl groups is 1. The Bertz CT molecular complexity index is 578. The molecule has 1 heterocycles. The summed E-state index contributed by atoms with van der Waals surface area (Å²) in [6, 6.07) is 6.55. The fourth-order valence-corrected chi connectivity index (χ4v) is 1.68. The molecule has 1 N–H and O–H groups in total. The third kappa shape index (κ3) is 2.20. The molecule has 1 aromatic carbocycles. The fraction of sp³-hybridized carbons (Fsp3) is 0.231. The first-order valence-electron chi connectivity index (χ1n) is 5.39. The Morgan fingerprint density at radius 3 is 2.88 bits per heavy atom. The number of rotatable bonds is 2. The summed E-state index contributed by atoms with van der Waals surface area (Å²) in [6.07, 6.45) is 0. The number of benzene rings is 1. The highest BCUT2D eigenvalue weighted by molar-refractivity contribution is 5.95. The summed E-state index contributed by atoms with van der Waals surface area (Å²) >= 11 is 0. The van der Waals surface area contributed by atoms with Crippen LogP contribution in [0.2, 0.25) is 0 Å². The third-order valence-corrected chi connectivity index (χ3v) is 2.48. The molecule has 0 aliphatic rings. The van der Waals surface area contributed by atoms with E-state index in [4.69, 9.17) is 4.74 Å². The molecule has 0 radical (unpaired) electrons. The molecule has 0 aliphatic heterocycles. The first-order valence-corrected chi connectivity index (χ1v) is 5.39. The van der Waals surface area contributed by atoms with Gasteiger partial charge >= 0.3 is 5.97 Å². The lowest BCUT2D eigenvalue weighted by atomic mass is 10.1. The number of fused-ring (bicyclic) bond motifs is 1. The zero-order chi connectivity index (χ0) is 12.4. The molecule has 2 aromatic rings. The second-order valence-corrected chi connectivity index (χ2v) is 3.72. The van der Waals surface area contributed by atoms with Crippen LogP contribution in [0.1, 0.15) is 23.0 Å². The standard InChI is InChI=1S/C13H13NO3/c1-3-17-13(16)11-7-9-6-10(15)4-5-12(9)14-8(11)2/h4-7,15H,3H2,1-2H3. The average molecular weight is 231 g/mol. The zero-order valence-corrected chi connectivity index (χ0v) is 9.73. The van der Waals surface area contributed by atoms with E-state index >= 15 is 0 Å². The molecular formula is C13H13NO3. The topological polar surface area (TPSA) is 59.4 Å². The van der Waals surface area contributed by atoms with Crippen LogP contribution in [0.15, 0.2) is 24.3 Å². The van der Waals surface area contributed by atoms with Crippen LogP contribution >= 0.6 is 0 Å². The molecule has 0 saturated carbocycles.